The number of aromatic nitrogens is 1. The van der Waals surface area contributed by atoms with Crippen molar-refractivity contribution in [2.24, 2.45) is 0 Å². The van der Waals surface area contributed by atoms with Gasteiger partial charge in [-0.2, -0.15) is 0 Å². The van der Waals surface area contributed by atoms with Crippen LogP contribution in [0.4, 0.5) is 11.5 Å². The van der Waals surface area contributed by atoms with Crippen molar-refractivity contribution in [3.63, 3.8) is 0 Å². The summed E-state index contributed by atoms with van der Waals surface area (Å²) < 4.78 is 1.04. The van der Waals surface area contributed by atoms with Crippen LogP contribution in [0, 0.1) is 6.92 Å². The van der Waals surface area contributed by atoms with Gasteiger partial charge in [0.05, 0.1) is 5.69 Å². The predicted octanol–water partition coefficient (Wildman–Crippen LogP) is 5.24. The van der Waals surface area contributed by atoms with Gasteiger partial charge in [0, 0.05) is 10.2 Å². The van der Waals surface area contributed by atoms with Gasteiger partial charge in [0.25, 0.3) is 0 Å². The summed E-state index contributed by atoms with van der Waals surface area (Å²) >= 11 is 3.46. The smallest absolute Gasteiger partial charge is 0.130 e. The van der Waals surface area contributed by atoms with E-state index in [9.17, 15) is 0 Å². The molecule has 0 unspecified atom stereocenters. The van der Waals surface area contributed by atoms with E-state index in [0.717, 1.165) is 28.1 Å². The second kappa shape index (κ2) is 6.71. The molecular weight excluding hydrogens is 300 g/mol. The van der Waals surface area contributed by atoms with Crippen LogP contribution in [-0.4, -0.2) is 4.98 Å². The summed E-state index contributed by atoms with van der Waals surface area (Å²) in [7, 11) is 0. The highest BCUT2D eigenvalue weighted by atomic mass is 79.9. The number of halogens is 1. The Morgan fingerprint density at radius 2 is 1.84 bits per heavy atom. The second-order valence-corrected chi connectivity index (χ2v) is 5.54. The van der Waals surface area contributed by atoms with E-state index in [1.807, 2.05) is 19.1 Å². The number of benzene rings is 1. The third-order valence-corrected chi connectivity index (χ3v) is 3.90. The SMILES string of the molecule is CCCCc1ccc(Nc2ccc(Br)c(C)n2)cc1. The molecule has 0 amide bonds. The zero-order chi connectivity index (χ0) is 13.7. The Balaban J connectivity index is 2.04. The predicted molar refractivity (Wildman–Crippen MR) is 85.0 cm³/mol. The summed E-state index contributed by atoms with van der Waals surface area (Å²) in [6, 6.07) is 12.6. The minimum absolute atomic E-state index is 0.877. The fourth-order valence-corrected chi connectivity index (χ4v) is 2.12. The van der Waals surface area contributed by atoms with Gasteiger partial charge < -0.3 is 5.32 Å². The molecule has 0 spiro atoms. The van der Waals surface area contributed by atoms with Gasteiger partial charge in [0.2, 0.25) is 0 Å². The van der Waals surface area contributed by atoms with Crippen LogP contribution in [0.2, 0.25) is 0 Å². The number of unbranched alkanes of at least 4 members (excludes halogenated alkanes) is 1. The fourth-order valence-electron chi connectivity index (χ4n) is 1.90. The van der Waals surface area contributed by atoms with Crippen molar-refractivity contribution in [3.8, 4) is 0 Å². The first-order chi connectivity index (χ1) is 9.19. The van der Waals surface area contributed by atoms with Gasteiger partial charge in [0.1, 0.15) is 5.82 Å². The normalized spacial score (nSPS) is 10.5. The van der Waals surface area contributed by atoms with E-state index in [-0.39, 0.29) is 0 Å². The molecule has 19 heavy (non-hydrogen) atoms. The maximum atomic E-state index is 4.48. The zero-order valence-corrected chi connectivity index (χ0v) is 13.0. The zero-order valence-electron chi connectivity index (χ0n) is 11.4. The topological polar surface area (TPSA) is 24.9 Å². The summed E-state index contributed by atoms with van der Waals surface area (Å²) in [4.78, 5) is 4.48. The van der Waals surface area contributed by atoms with Crippen molar-refractivity contribution < 1.29 is 0 Å². The van der Waals surface area contributed by atoms with Crippen molar-refractivity contribution in [2.75, 3.05) is 5.32 Å². The molecule has 0 bridgehead atoms. The van der Waals surface area contributed by atoms with E-state index in [1.165, 1.54) is 18.4 Å². The molecule has 0 aliphatic heterocycles. The molecule has 1 aromatic heterocycles. The van der Waals surface area contributed by atoms with Crippen LogP contribution in [-0.2, 0) is 6.42 Å². The summed E-state index contributed by atoms with van der Waals surface area (Å²) in [6.45, 7) is 4.21. The van der Waals surface area contributed by atoms with Gasteiger partial charge >= 0.3 is 0 Å². The van der Waals surface area contributed by atoms with Crippen molar-refractivity contribution >= 4 is 27.4 Å². The van der Waals surface area contributed by atoms with E-state index in [1.54, 1.807) is 0 Å². The van der Waals surface area contributed by atoms with E-state index in [0.29, 0.717) is 0 Å². The molecular formula is C16H19BrN2. The van der Waals surface area contributed by atoms with Gasteiger partial charge in [-0.1, -0.05) is 25.5 Å². The van der Waals surface area contributed by atoms with Crippen LogP contribution >= 0.6 is 15.9 Å². The molecule has 0 fully saturated rings. The third-order valence-electron chi connectivity index (χ3n) is 3.07. The first kappa shape index (κ1) is 14.1. The lowest BCUT2D eigenvalue weighted by atomic mass is 10.1. The maximum absolute atomic E-state index is 4.48. The van der Waals surface area contributed by atoms with Gasteiger partial charge in [-0.15, -0.1) is 0 Å². The largest absolute Gasteiger partial charge is 0.340 e. The lowest BCUT2D eigenvalue weighted by molar-refractivity contribution is 0.795. The molecule has 1 heterocycles. The lowest BCUT2D eigenvalue weighted by Gasteiger charge is -2.08. The number of nitrogens with zero attached hydrogens (tertiary/aromatic N) is 1. The van der Waals surface area contributed by atoms with Crippen LogP contribution in [0.1, 0.15) is 31.0 Å². The molecule has 0 radical (unpaired) electrons. The minimum Gasteiger partial charge on any atom is -0.340 e. The first-order valence-corrected chi connectivity index (χ1v) is 7.47. The highest BCUT2D eigenvalue weighted by molar-refractivity contribution is 9.10. The molecule has 2 aromatic rings. The molecule has 3 heteroatoms. The number of nitrogens with one attached hydrogen (secondary N) is 1. The van der Waals surface area contributed by atoms with Crippen LogP contribution in [0.15, 0.2) is 40.9 Å². The molecule has 1 N–H and O–H groups in total. The number of rotatable bonds is 5. The molecule has 0 saturated carbocycles. The average Bonchev–Trinajstić information content (AvgIpc) is 2.42. The van der Waals surface area contributed by atoms with Crippen LogP contribution in [0.5, 0.6) is 0 Å². The number of hydrogen-bond donors (Lipinski definition) is 1. The number of anilines is 2. The average molecular weight is 319 g/mol. The third kappa shape index (κ3) is 4.06. The van der Waals surface area contributed by atoms with Gasteiger partial charge in [0.15, 0.2) is 0 Å². The first-order valence-electron chi connectivity index (χ1n) is 6.68. The monoisotopic (exact) mass is 318 g/mol. The van der Waals surface area contributed by atoms with Crippen LogP contribution in [0.3, 0.4) is 0 Å². The Morgan fingerprint density at radius 3 is 2.47 bits per heavy atom. The summed E-state index contributed by atoms with van der Waals surface area (Å²) in [5.74, 6) is 0.877. The molecule has 100 valence electrons. The van der Waals surface area contributed by atoms with Crippen molar-refractivity contribution in [3.05, 3.63) is 52.1 Å². The number of hydrogen-bond acceptors (Lipinski definition) is 2. The Morgan fingerprint density at radius 1 is 1.11 bits per heavy atom. The Hall–Kier alpha value is -1.35. The van der Waals surface area contributed by atoms with Crippen molar-refractivity contribution in [2.45, 2.75) is 33.1 Å². The number of pyridine rings is 1. The summed E-state index contributed by atoms with van der Waals surface area (Å²) in [5.41, 5.74) is 3.46. The van der Waals surface area contributed by atoms with E-state index < -0.39 is 0 Å². The molecule has 2 rings (SSSR count). The van der Waals surface area contributed by atoms with Crippen molar-refractivity contribution in [1.82, 2.24) is 4.98 Å². The summed E-state index contributed by atoms with van der Waals surface area (Å²) in [6.07, 6.45) is 3.65. The highest BCUT2D eigenvalue weighted by Gasteiger charge is 2.00. The molecule has 1 aromatic carbocycles. The molecule has 0 aliphatic rings. The van der Waals surface area contributed by atoms with Gasteiger partial charge in [-0.25, -0.2) is 4.98 Å². The Kier molecular flexibility index (Phi) is 4.97. The Labute approximate surface area is 123 Å². The molecule has 0 atom stereocenters. The molecule has 0 saturated heterocycles. The van der Waals surface area contributed by atoms with Gasteiger partial charge in [-0.05, 0) is 65.5 Å². The highest BCUT2D eigenvalue weighted by Crippen LogP contribution is 2.20. The Bertz CT molecular complexity index is 535. The van der Waals surface area contributed by atoms with E-state index >= 15 is 0 Å². The lowest BCUT2D eigenvalue weighted by Crippen LogP contribution is -1.95. The van der Waals surface area contributed by atoms with E-state index in [4.69, 9.17) is 0 Å². The van der Waals surface area contributed by atoms with E-state index in [2.05, 4.69) is 57.4 Å². The van der Waals surface area contributed by atoms with Gasteiger partial charge in [-0.3, -0.25) is 0 Å². The number of aryl methyl sites for hydroxylation is 2. The quantitative estimate of drug-likeness (QED) is 0.815. The minimum atomic E-state index is 0.877. The summed E-state index contributed by atoms with van der Waals surface area (Å²) in [5, 5.41) is 3.32. The van der Waals surface area contributed by atoms with Crippen LogP contribution < -0.4 is 5.32 Å². The second-order valence-electron chi connectivity index (χ2n) is 4.69. The maximum Gasteiger partial charge on any atom is 0.130 e. The molecule has 0 aliphatic carbocycles. The van der Waals surface area contributed by atoms with Crippen molar-refractivity contribution in [1.29, 1.82) is 0 Å². The molecule has 2 nitrogen and oxygen atoms in total. The standard InChI is InChI=1S/C16H19BrN2/c1-3-4-5-13-6-8-14(9-7-13)19-16-11-10-15(17)12(2)18-16/h6-11H,3-5H2,1-2H3,(H,18,19). The van der Waals surface area contributed by atoms with Crippen LogP contribution in [0.25, 0.3) is 0 Å². The fraction of sp³-hybridized carbons (Fsp3) is 0.312.